The number of aryl methyl sites for hydroxylation is 1. The first-order chi connectivity index (χ1) is 10.7. The van der Waals surface area contributed by atoms with Crippen LogP contribution in [0, 0.1) is 6.92 Å². The summed E-state index contributed by atoms with van der Waals surface area (Å²) in [5, 5.41) is 6.40. The molecular formula is C17H28N4O. The van der Waals surface area contributed by atoms with Gasteiger partial charge >= 0.3 is 0 Å². The van der Waals surface area contributed by atoms with Crippen molar-refractivity contribution >= 4 is 11.7 Å². The Morgan fingerprint density at radius 1 is 1.23 bits per heavy atom. The molecule has 2 rings (SSSR count). The lowest BCUT2D eigenvalue weighted by Crippen LogP contribution is -2.26. The van der Waals surface area contributed by atoms with E-state index in [2.05, 4.69) is 27.5 Å². The Kier molecular flexibility index (Phi) is 6.62. The zero-order chi connectivity index (χ0) is 15.8. The molecule has 0 saturated heterocycles. The molecule has 5 nitrogen and oxygen atoms in total. The molecule has 1 amide bonds. The number of rotatable bonds is 6. The summed E-state index contributed by atoms with van der Waals surface area (Å²) in [5.41, 5.74) is 0.458. The SMILES string of the molecule is CCCCNC(=O)c1cc(NC2CCCCCC2)nc(C)n1. The smallest absolute Gasteiger partial charge is 0.270 e. The van der Waals surface area contributed by atoms with Gasteiger partial charge in [-0.3, -0.25) is 4.79 Å². The minimum atomic E-state index is -0.108. The first kappa shape index (κ1) is 16.7. The lowest BCUT2D eigenvalue weighted by atomic mass is 10.1. The van der Waals surface area contributed by atoms with Crippen LogP contribution >= 0.6 is 0 Å². The van der Waals surface area contributed by atoms with Gasteiger partial charge in [0, 0.05) is 18.7 Å². The zero-order valence-electron chi connectivity index (χ0n) is 13.8. The van der Waals surface area contributed by atoms with Crippen LogP contribution in [0.5, 0.6) is 0 Å². The Balaban J connectivity index is 2.00. The standard InChI is InChI=1S/C17H28N4O/c1-3-4-11-18-17(22)15-12-16(20-13(2)19-15)21-14-9-7-5-6-8-10-14/h12,14H,3-11H2,1-2H3,(H,18,22)(H,19,20,21). The van der Waals surface area contributed by atoms with Crippen molar-refractivity contribution in [1.82, 2.24) is 15.3 Å². The highest BCUT2D eigenvalue weighted by Crippen LogP contribution is 2.20. The average Bonchev–Trinajstić information content (AvgIpc) is 2.75. The maximum absolute atomic E-state index is 12.1. The molecule has 1 saturated carbocycles. The molecule has 1 aliphatic rings. The molecule has 1 aromatic heterocycles. The topological polar surface area (TPSA) is 66.9 Å². The van der Waals surface area contributed by atoms with Gasteiger partial charge in [-0.15, -0.1) is 0 Å². The van der Waals surface area contributed by atoms with Crippen LogP contribution in [0.3, 0.4) is 0 Å². The second-order valence-electron chi connectivity index (χ2n) is 6.13. The normalized spacial score (nSPS) is 16.1. The number of carbonyl (C=O) groups excluding carboxylic acids is 1. The van der Waals surface area contributed by atoms with Gasteiger partial charge in [0.15, 0.2) is 0 Å². The second-order valence-corrected chi connectivity index (χ2v) is 6.13. The fraction of sp³-hybridized carbons (Fsp3) is 0.706. The van der Waals surface area contributed by atoms with Crippen molar-refractivity contribution in [1.29, 1.82) is 0 Å². The summed E-state index contributed by atoms with van der Waals surface area (Å²) in [6, 6.07) is 2.24. The molecular weight excluding hydrogens is 276 g/mol. The van der Waals surface area contributed by atoms with Crippen molar-refractivity contribution < 1.29 is 4.79 Å². The Bertz CT molecular complexity index is 482. The first-order valence-corrected chi connectivity index (χ1v) is 8.59. The monoisotopic (exact) mass is 304 g/mol. The molecule has 0 bridgehead atoms. The first-order valence-electron chi connectivity index (χ1n) is 8.59. The number of hydrogen-bond donors (Lipinski definition) is 2. The van der Waals surface area contributed by atoms with E-state index in [1.54, 1.807) is 6.07 Å². The Morgan fingerprint density at radius 3 is 2.64 bits per heavy atom. The van der Waals surface area contributed by atoms with E-state index in [0.29, 0.717) is 24.1 Å². The van der Waals surface area contributed by atoms with E-state index in [1.807, 2.05) is 6.92 Å². The van der Waals surface area contributed by atoms with Gasteiger partial charge in [-0.05, 0) is 26.2 Å². The third-order valence-electron chi connectivity index (χ3n) is 4.09. The van der Waals surface area contributed by atoms with Crippen LogP contribution in [0.4, 0.5) is 5.82 Å². The molecule has 0 atom stereocenters. The molecule has 5 heteroatoms. The Labute approximate surface area is 133 Å². The highest BCUT2D eigenvalue weighted by molar-refractivity contribution is 5.92. The fourth-order valence-corrected chi connectivity index (χ4v) is 2.86. The Morgan fingerprint density at radius 2 is 1.95 bits per heavy atom. The summed E-state index contributed by atoms with van der Waals surface area (Å²) in [6.07, 6.45) is 9.61. The highest BCUT2D eigenvalue weighted by Gasteiger charge is 2.15. The van der Waals surface area contributed by atoms with Gasteiger partial charge in [-0.2, -0.15) is 0 Å². The predicted octanol–water partition coefficient (Wildman–Crippen LogP) is 3.45. The van der Waals surface area contributed by atoms with Gasteiger partial charge in [0.1, 0.15) is 17.3 Å². The molecule has 0 aliphatic heterocycles. The largest absolute Gasteiger partial charge is 0.367 e. The summed E-state index contributed by atoms with van der Waals surface area (Å²) < 4.78 is 0. The van der Waals surface area contributed by atoms with Crippen molar-refractivity contribution in [2.45, 2.75) is 71.3 Å². The van der Waals surface area contributed by atoms with E-state index in [0.717, 1.165) is 18.7 Å². The maximum atomic E-state index is 12.1. The maximum Gasteiger partial charge on any atom is 0.270 e. The number of hydrogen-bond acceptors (Lipinski definition) is 4. The number of carbonyl (C=O) groups is 1. The van der Waals surface area contributed by atoms with Gasteiger partial charge in [-0.25, -0.2) is 9.97 Å². The van der Waals surface area contributed by atoms with Crippen molar-refractivity contribution in [3.63, 3.8) is 0 Å². The summed E-state index contributed by atoms with van der Waals surface area (Å²) in [5.74, 6) is 1.31. The number of anilines is 1. The van der Waals surface area contributed by atoms with Crippen LogP contribution in [-0.4, -0.2) is 28.5 Å². The van der Waals surface area contributed by atoms with E-state index in [-0.39, 0.29) is 5.91 Å². The molecule has 22 heavy (non-hydrogen) atoms. The molecule has 1 aromatic rings. The van der Waals surface area contributed by atoms with E-state index in [4.69, 9.17) is 0 Å². The van der Waals surface area contributed by atoms with Crippen LogP contribution < -0.4 is 10.6 Å². The van der Waals surface area contributed by atoms with Gasteiger partial charge in [-0.1, -0.05) is 39.0 Å². The average molecular weight is 304 g/mol. The van der Waals surface area contributed by atoms with Gasteiger partial charge < -0.3 is 10.6 Å². The van der Waals surface area contributed by atoms with Crippen LogP contribution in [0.2, 0.25) is 0 Å². The number of amides is 1. The third-order valence-corrected chi connectivity index (χ3v) is 4.09. The number of nitrogens with zero attached hydrogens (tertiary/aromatic N) is 2. The van der Waals surface area contributed by atoms with E-state index >= 15 is 0 Å². The van der Waals surface area contributed by atoms with Crippen molar-refractivity contribution in [2.75, 3.05) is 11.9 Å². The van der Waals surface area contributed by atoms with Crippen LogP contribution in [-0.2, 0) is 0 Å². The molecule has 1 heterocycles. The minimum Gasteiger partial charge on any atom is -0.367 e. The summed E-state index contributed by atoms with van der Waals surface area (Å²) in [4.78, 5) is 20.8. The summed E-state index contributed by atoms with van der Waals surface area (Å²) in [7, 11) is 0. The molecule has 0 unspecified atom stereocenters. The summed E-state index contributed by atoms with van der Waals surface area (Å²) >= 11 is 0. The molecule has 0 radical (unpaired) electrons. The third kappa shape index (κ3) is 5.28. The molecule has 0 aromatic carbocycles. The molecule has 1 aliphatic carbocycles. The van der Waals surface area contributed by atoms with Gasteiger partial charge in [0.25, 0.3) is 5.91 Å². The summed E-state index contributed by atoms with van der Waals surface area (Å²) in [6.45, 7) is 4.64. The molecule has 0 spiro atoms. The highest BCUT2D eigenvalue weighted by atomic mass is 16.1. The van der Waals surface area contributed by atoms with E-state index in [1.165, 1.54) is 38.5 Å². The fourth-order valence-electron chi connectivity index (χ4n) is 2.86. The lowest BCUT2D eigenvalue weighted by Gasteiger charge is -2.17. The van der Waals surface area contributed by atoms with E-state index in [9.17, 15) is 4.79 Å². The van der Waals surface area contributed by atoms with Crippen LogP contribution in [0.1, 0.15) is 74.6 Å². The van der Waals surface area contributed by atoms with Crippen LogP contribution in [0.25, 0.3) is 0 Å². The van der Waals surface area contributed by atoms with Gasteiger partial charge in [0.2, 0.25) is 0 Å². The number of nitrogens with one attached hydrogen (secondary N) is 2. The zero-order valence-corrected chi connectivity index (χ0v) is 13.8. The molecule has 122 valence electrons. The second kappa shape index (κ2) is 8.71. The van der Waals surface area contributed by atoms with Crippen LogP contribution in [0.15, 0.2) is 6.07 Å². The van der Waals surface area contributed by atoms with Crippen molar-refractivity contribution in [2.24, 2.45) is 0 Å². The van der Waals surface area contributed by atoms with Crippen molar-refractivity contribution in [3.05, 3.63) is 17.6 Å². The predicted molar refractivity (Wildman–Crippen MR) is 89.1 cm³/mol. The Hall–Kier alpha value is -1.65. The minimum absolute atomic E-state index is 0.108. The van der Waals surface area contributed by atoms with Crippen molar-refractivity contribution in [3.8, 4) is 0 Å². The molecule has 2 N–H and O–H groups in total. The van der Waals surface area contributed by atoms with E-state index < -0.39 is 0 Å². The van der Waals surface area contributed by atoms with Gasteiger partial charge in [0.05, 0.1) is 0 Å². The number of aromatic nitrogens is 2. The quantitative estimate of drug-likeness (QED) is 0.624. The molecule has 1 fully saturated rings. The lowest BCUT2D eigenvalue weighted by molar-refractivity contribution is 0.0948. The number of unbranched alkanes of at least 4 members (excludes halogenated alkanes) is 1.